The zero-order valence-corrected chi connectivity index (χ0v) is 18.7. The van der Waals surface area contributed by atoms with Crippen molar-refractivity contribution >= 4 is 29.3 Å². The Morgan fingerprint density at radius 3 is 2.65 bits per heavy atom. The van der Waals surface area contributed by atoms with Crippen LogP contribution in [0.4, 0.5) is 0 Å². The van der Waals surface area contributed by atoms with E-state index in [-0.39, 0.29) is 12.4 Å². The Morgan fingerprint density at radius 1 is 1.32 bits per heavy atom. The van der Waals surface area contributed by atoms with Crippen molar-refractivity contribution < 1.29 is 15.0 Å². The highest BCUT2D eigenvalue weighted by Gasteiger charge is 2.31. The van der Waals surface area contributed by atoms with Gasteiger partial charge >= 0.3 is 5.97 Å². The van der Waals surface area contributed by atoms with Crippen molar-refractivity contribution in [2.75, 3.05) is 6.54 Å². The number of fused-ring (bicyclic) bond motifs is 1. The van der Waals surface area contributed by atoms with Crippen LogP contribution in [0.2, 0.25) is 0 Å². The van der Waals surface area contributed by atoms with Gasteiger partial charge in [-0.3, -0.25) is 4.79 Å². The predicted molar refractivity (Wildman–Crippen MR) is 123 cm³/mol. The molecule has 1 aliphatic carbocycles. The van der Waals surface area contributed by atoms with Gasteiger partial charge in [0.1, 0.15) is 5.75 Å². The molecule has 0 saturated heterocycles. The fourth-order valence-corrected chi connectivity index (χ4v) is 4.22. The molecular weight excluding hydrogens is 418 g/mol. The summed E-state index contributed by atoms with van der Waals surface area (Å²) in [6.07, 6.45) is 1.69. The van der Waals surface area contributed by atoms with Crippen LogP contribution >= 0.6 is 12.4 Å². The molecule has 0 aliphatic heterocycles. The third-order valence-electron chi connectivity index (χ3n) is 6.28. The molecular formula is C23H28ClN3O4. The van der Waals surface area contributed by atoms with Gasteiger partial charge in [-0.2, -0.15) is 0 Å². The summed E-state index contributed by atoms with van der Waals surface area (Å²) < 4.78 is 2.15. The molecule has 4 rings (SSSR count). The van der Waals surface area contributed by atoms with Crippen LogP contribution in [0.5, 0.6) is 5.75 Å². The molecule has 31 heavy (non-hydrogen) atoms. The maximum atomic E-state index is 12.3. The molecule has 0 bridgehead atoms. The number of carboxylic acids is 1. The summed E-state index contributed by atoms with van der Waals surface area (Å²) in [5, 5.41) is 24.2. The molecule has 0 radical (unpaired) electrons. The third kappa shape index (κ3) is 4.20. The minimum Gasteiger partial charge on any atom is -0.506 e. The Morgan fingerprint density at radius 2 is 2.03 bits per heavy atom. The van der Waals surface area contributed by atoms with Gasteiger partial charge in [-0.25, -0.2) is 4.79 Å². The monoisotopic (exact) mass is 445 g/mol. The number of carbonyl (C=O) groups is 1. The van der Waals surface area contributed by atoms with Crippen molar-refractivity contribution in [3.63, 3.8) is 0 Å². The lowest BCUT2D eigenvalue weighted by Gasteiger charge is -2.12. The minimum absolute atomic E-state index is 0. The molecule has 2 unspecified atom stereocenters. The second-order valence-electron chi connectivity index (χ2n) is 8.26. The summed E-state index contributed by atoms with van der Waals surface area (Å²) >= 11 is 0. The number of nitrogens with one attached hydrogen (secondary N) is 2. The molecule has 2 aromatic heterocycles. The molecule has 8 heteroatoms. The number of halogens is 1. The van der Waals surface area contributed by atoms with E-state index in [1.807, 2.05) is 32.2 Å². The fourth-order valence-electron chi connectivity index (χ4n) is 4.22. The predicted octanol–water partition coefficient (Wildman–Crippen LogP) is 3.67. The highest BCUT2D eigenvalue weighted by atomic mass is 35.5. The van der Waals surface area contributed by atoms with Crippen molar-refractivity contribution in [2.45, 2.75) is 33.2 Å². The third-order valence-corrected chi connectivity index (χ3v) is 6.28. The molecule has 4 N–H and O–H groups in total. The van der Waals surface area contributed by atoms with Gasteiger partial charge in [0.05, 0.1) is 5.69 Å². The molecule has 7 nitrogen and oxygen atoms in total. The highest BCUT2D eigenvalue weighted by Crippen LogP contribution is 2.37. The van der Waals surface area contributed by atoms with Crippen molar-refractivity contribution in [3.8, 4) is 17.0 Å². The van der Waals surface area contributed by atoms with E-state index in [1.54, 1.807) is 0 Å². The Kier molecular flexibility index (Phi) is 6.48. The van der Waals surface area contributed by atoms with Gasteiger partial charge in [0.15, 0.2) is 5.56 Å². The number of aromatic carboxylic acids is 1. The summed E-state index contributed by atoms with van der Waals surface area (Å²) in [5.41, 5.74) is 2.43. The van der Waals surface area contributed by atoms with Gasteiger partial charge in [0, 0.05) is 35.8 Å². The number of pyridine rings is 1. The molecule has 1 saturated carbocycles. The average Bonchev–Trinajstić information content (AvgIpc) is 3.31. The number of hydrogen-bond acceptors (Lipinski definition) is 4. The van der Waals surface area contributed by atoms with E-state index < -0.39 is 22.8 Å². The maximum absolute atomic E-state index is 12.3. The number of rotatable bonds is 7. The lowest BCUT2D eigenvalue weighted by molar-refractivity contribution is 0.0691. The number of aromatic nitrogens is 2. The summed E-state index contributed by atoms with van der Waals surface area (Å²) in [5.74, 6) is -0.286. The zero-order chi connectivity index (χ0) is 21.6. The van der Waals surface area contributed by atoms with Crippen molar-refractivity contribution in [1.29, 1.82) is 0 Å². The smallest absolute Gasteiger partial charge is 0.345 e. The number of H-pyrrole nitrogens is 1. The van der Waals surface area contributed by atoms with Crippen molar-refractivity contribution in [2.24, 2.45) is 18.9 Å². The lowest BCUT2D eigenvalue weighted by atomic mass is 9.99. The summed E-state index contributed by atoms with van der Waals surface area (Å²) in [6, 6.07) is 7.95. The number of carboxylic acid groups (broad SMARTS) is 1. The van der Waals surface area contributed by atoms with Crippen molar-refractivity contribution in [1.82, 2.24) is 14.9 Å². The van der Waals surface area contributed by atoms with Gasteiger partial charge in [-0.05, 0) is 55.0 Å². The van der Waals surface area contributed by atoms with Crippen LogP contribution in [0.1, 0.15) is 41.9 Å². The molecule has 166 valence electrons. The number of hydrogen-bond donors (Lipinski definition) is 4. The lowest BCUT2D eigenvalue weighted by Crippen LogP contribution is -2.20. The Hall–Kier alpha value is -2.77. The number of aromatic hydroxyl groups is 1. The van der Waals surface area contributed by atoms with Crippen molar-refractivity contribution in [3.05, 3.63) is 51.4 Å². The number of benzene rings is 1. The minimum atomic E-state index is -1.44. The standard InChI is InChI=1S/C23H27N3O4.ClH/c1-4-17-20(25-22(28)19(21(17)27)23(29)30)13-5-6-18-14(8-13)9-16(26(18)3)11-24-10-15-7-12(15)2;/h5-6,8-9,12,15,24H,4,7,10-11H2,1-3H3,(H,29,30)(H2,25,27,28);1H. The topological polar surface area (TPSA) is 107 Å². The number of aromatic amines is 1. The molecule has 2 atom stereocenters. The summed E-state index contributed by atoms with van der Waals surface area (Å²) in [7, 11) is 2.03. The molecule has 3 aromatic rings. The fraction of sp³-hybridized carbons (Fsp3) is 0.391. The first-order valence-electron chi connectivity index (χ1n) is 10.3. The quantitative estimate of drug-likeness (QED) is 0.444. The van der Waals surface area contributed by atoms with Crippen LogP contribution in [0.3, 0.4) is 0 Å². The Balaban J connectivity index is 0.00000272. The van der Waals surface area contributed by atoms with Gasteiger partial charge in [0.25, 0.3) is 5.56 Å². The first-order valence-corrected chi connectivity index (χ1v) is 10.3. The van der Waals surface area contributed by atoms with Gasteiger partial charge < -0.3 is 25.1 Å². The van der Waals surface area contributed by atoms with Crippen LogP contribution < -0.4 is 10.9 Å². The van der Waals surface area contributed by atoms with Gasteiger partial charge in [-0.15, -0.1) is 12.4 Å². The Labute approximate surface area is 186 Å². The normalized spacial score (nSPS) is 17.5. The van der Waals surface area contributed by atoms with Crippen LogP contribution in [0.15, 0.2) is 29.1 Å². The highest BCUT2D eigenvalue weighted by molar-refractivity contribution is 5.92. The largest absolute Gasteiger partial charge is 0.506 e. The molecule has 1 fully saturated rings. The van der Waals surface area contributed by atoms with Crippen LogP contribution in [0.25, 0.3) is 22.2 Å². The van der Waals surface area contributed by atoms with E-state index >= 15 is 0 Å². The molecule has 2 heterocycles. The van der Waals surface area contributed by atoms with Gasteiger partial charge in [-0.1, -0.05) is 19.9 Å². The first kappa shape index (κ1) is 22.9. The number of aryl methyl sites for hydroxylation is 1. The second kappa shape index (κ2) is 8.77. The maximum Gasteiger partial charge on any atom is 0.345 e. The first-order chi connectivity index (χ1) is 14.3. The molecule has 1 aliphatic rings. The summed E-state index contributed by atoms with van der Waals surface area (Å²) in [4.78, 5) is 26.3. The van der Waals surface area contributed by atoms with E-state index in [0.717, 1.165) is 41.4 Å². The Bertz CT molecular complexity index is 1200. The van der Waals surface area contributed by atoms with E-state index in [4.69, 9.17) is 0 Å². The number of nitrogens with zero attached hydrogens (tertiary/aromatic N) is 1. The molecule has 0 amide bonds. The van der Waals surface area contributed by atoms with E-state index in [2.05, 4.69) is 27.9 Å². The van der Waals surface area contributed by atoms with Crippen LogP contribution in [-0.4, -0.2) is 32.3 Å². The zero-order valence-electron chi connectivity index (χ0n) is 17.9. The van der Waals surface area contributed by atoms with Crippen LogP contribution in [-0.2, 0) is 20.0 Å². The SMILES string of the molecule is CCc1c(-c2ccc3c(c2)cc(CNCC2CC2C)n3C)[nH]c(=O)c(C(=O)O)c1O.Cl. The van der Waals surface area contributed by atoms with E-state index in [0.29, 0.717) is 17.7 Å². The van der Waals surface area contributed by atoms with E-state index in [9.17, 15) is 19.8 Å². The van der Waals surface area contributed by atoms with E-state index in [1.165, 1.54) is 12.1 Å². The average molecular weight is 446 g/mol. The second-order valence-corrected chi connectivity index (χ2v) is 8.26. The summed E-state index contributed by atoms with van der Waals surface area (Å²) in [6.45, 7) is 5.91. The molecule has 0 spiro atoms. The molecule has 1 aromatic carbocycles. The van der Waals surface area contributed by atoms with Gasteiger partial charge in [0.2, 0.25) is 0 Å². The van der Waals surface area contributed by atoms with Crippen LogP contribution in [0, 0.1) is 11.8 Å².